The van der Waals surface area contributed by atoms with Crippen molar-refractivity contribution in [3.8, 4) is 0 Å². The molecule has 168 valence electrons. The van der Waals surface area contributed by atoms with Crippen molar-refractivity contribution in [2.45, 2.75) is 116 Å². The van der Waals surface area contributed by atoms with Crippen LogP contribution in [0.2, 0.25) is 0 Å². The summed E-state index contributed by atoms with van der Waals surface area (Å²) in [6, 6.07) is 0. The first-order valence-corrected chi connectivity index (χ1v) is 13.4. The van der Waals surface area contributed by atoms with E-state index in [0.717, 1.165) is 29.6 Å². The van der Waals surface area contributed by atoms with Crippen molar-refractivity contribution >= 4 is 11.6 Å². The Hall–Kier alpha value is 0.250. The molecule has 4 rings (SSSR count). The van der Waals surface area contributed by atoms with Crippen LogP contribution >= 0.6 is 11.6 Å². The van der Waals surface area contributed by atoms with Crippen molar-refractivity contribution in [3.63, 3.8) is 0 Å². The lowest BCUT2D eigenvalue weighted by Crippen LogP contribution is -2.59. The quantitative estimate of drug-likeness (QED) is 0.432. The van der Waals surface area contributed by atoms with Crippen LogP contribution in [0.1, 0.15) is 111 Å². The third-order valence-electron chi connectivity index (χ3n) is 11.1. The number of hydrogen-bond donors (Lipinski definition) is 1. The minimum Gasteiger partial charge on any atom is -0.396 e. The standard InChI is InChI=1S/C27H47ClO/c1-19(18-29)8-7-9-20(2)22-14-17-27(28)24-12-11-21-10-5-6-15-25(21,3)23(24)13-16-26(22,27)4/h19-24,29H,5-18H2,1-4H3/t19?,20-,21-,22-,23+,24-,25+,26-,27+/m1/s1. The van der Waals surface area contributed by atoms with Gasteiger partial charge in [-0.25, -0.2) is 0 Å². The fourth-order valence-corrected chi connectivity index (χ4v) is 9.85. The Bertz CT molecular complexity index is 577. The predicted octanol–water partition coefficient (Wildman–Crippen LogP) is 7.83. The molecule has 4 aliphatic rings. The van der Waals surface area contributed by atoms with Crippen LogP contribution in [0.5, 0.6) is 0 Å². The van der Waals surface area contributed by atoms with Crippen LogP contribution in [0.4, 0.5) is 0 Å². The van der Waals surface area contributed by atoms with Gasteiger partial charge >= 0.3 is 0 Å². The van der Waals surface area contributed by atoms with Crippen LogP contribution in [0.3, 0.4) is 0 Å². The van der Waals surface area contributed by atoms with Crippen molar-refractivity contribution in [2.75, 3.05) is 6.61 Å². The molecular weight excluding hydrogens is 376 g/mol. The van der Waals surface area contributed by atoms with Crippen LogP contribution in [-0.4, -0.2) is 16.6 Å². The number of alkyl halides is 1. The highest BCUT2D eigenvalue weighted by molar-refractivity contribution is 6.25. The lowest BCUT2D eigenvalue weighted by Gasteiger charge is -2.63. The van der Waals surface area contributed by atoms with Crippen LogP contribution < -0.4 is 0 Å². The zero-order valence-corrected chi connectivity index (χ0v) is 20.4. The van der Waals surface area contributed by atoms with E-state index in [1.54, 1.807) is 0 Å². The van der Waals surface area contributed by atoms with Gasteiger partial charge < -0.3 is 5.11 Å². The number of aliphatic hydroxyl groups is 1. The van der Waals surface area contributed by atoms with Crippen LogP contribution in [0.25, 0.3) is 0 Å². The Kier molecular flexibility index (Phi) is 6.43. The molecule has 2 heteroatoms. The third-order valence-corrected chi connectivity index (χ3v) is 12.0. The molecule has 1 N–H and O–H groups in total. The number of halogens is 1. The molecule has 0 spiro atoms. The van der Waals surface area contributed by atoms with E-state index in [0.29, 0.717) is 23.4 Å². The smallest absolute Gasteiger partial charge is 0.0534 e. The molecule has 1 nitrogen and oxygen atoms in total. The van der Waals surface area contributed by atoms with E-state index in [1.165, 1.54) is 83.5 Å². The Morgan fingerprint density at radius 3 is 2.45 bits per heavy atom. The first kappa shape index (κ1) is 22.4. The van der Waals surface area contributed by atoms with Gasteiger partial charge in [0.05, 0.1) is 4.87 Å². The third kappa shape index (κ3) is 3.53. The van der Waals surface area contributed by atoms with Gasteiger partial charge in [0.1, 0.15) is 0 Å². The van der Waals surface area contributed by atoms with E-state index >= 15 is 0 Å². The maximum Gasteiger partial charge on any atom is 0.0534 e. The van der Waals surface area contributed by atoms with E-state index in [4.69, 9.17) is 11.6 Å². The van der Waals surface area contributed by atoms with Crippen molar-refractivity contribution in [3.05, 3.63) is 0 Å². The lowest BCUT2D eigenvalue weighted by molar-refractivity contribution is -0.104. The summed E-state index contributed by atoms with van der Waals surface area (Å²) in [5.41, 5.74) is 0.907. The van der Waals surface area contributed by atoms with Gasteiger partial charge in [-0.15, -0.1) is 11.6 Å². The van der Waals surface area contributed by atoms with Crippen molar-refractivity contribution in [1.82, 2.24) is 0 Å². The topological polar surface area (TPSA) is 20.2 Å². The summed E-state index contributed by atoms with van der Waals surface area (Å²) in [7, 11) is 0. The molecule has 29 heavy (non-hydrogen) atoms. The minimum absolute atomic E-state index is 0.0542. The van der Waals surface area contributed by atoms with E-state index in [9.17, 15) is 5.11 Å². The number of aliphatic hydroxyl groups excluding tert-OH is 1. The molecule has 0 aliphatic heterocycles. The van der Waals surface area contributed by atoms with Crippen LogP contribution in [-0.2, 0) is 0 Å². The highest BCUT2D eigenvalue weighted by Gasteiger charge is 2.67. The molecule has 1 unspecified atom stereocenters. The molecule has 0 amide bonds. The van der Waals surface area contributed by atoms with E-state index < -0.39 is 0 Å². The normalized spacial score (nSPS) is 49.0. The summed E-state index contributed by atoms with van der Waals surface area (Å²) >= 11 is 7.79. The lowest BCUT2D eigenvalue weighted by atomic mass is 9.44. The van der Waals surface area contributed by atoms with E-state index in [1.807, 2.05) is 0 Å². The molecule has 0 heterocycles. The average molecular weight is 423 g/mol. The van der Waals surface area contributed by atoms with E-state index in [-0.39, 0.29) is 4.87 Å². The maximum atomic E-state index is 9.34. The fraction of sp³-hybridized carbons (Fsp3) is 1.00. The van der Waals surface area contributed by atoms with Crippen molar-refractivity contribution in [2.24, 2.45) is 46.3 Å². The summed E-state index contributed by atoms with van der Waals surface area (Å²) in [4.78, 5) is 0.0542. The molecule has 9 atom stereocenters. The summed E-state index contributed by atoms with van der Waals surface area (Å²) in [5.74, 6) is 4.63. The second-order valence-corrected chi connectivity index (χ2v) is 13.1. The summed E-state index contributed by atoms with van der Waals surface area (Å²) in [6.45, 7) is 10.3. The first-order chi connectivity index (χ1) is 13.8. The van der Waals surface area contributed by atoms with Crippen LogP contribution in [0, 0.1) is 46.3 Å². The molecule has 0 saturated heterocycles. The SMILES string of the molecule is CC(CO)CCC[C@@H](C)[C@H]1CC[C@]2(Cl)[C@@H]3CC[C@H]4CCCC[C@]4(C)[C@H]3CC[C@]12C. The highest BCUT2D eigenvalue weighted by Crippen LogP contribution is 2.72. The second-order valence-electron chi connectivity index (χ2n) is 12.4. The molecule has 0 radical (unpaired) electrons. The van der Waals surface area contributed by atoms with Gasteiger partial charge in [0, 0.05) is 6.61 Å². The summed E-state index contributed by atoms with van der Waals surface area (Å²) in [5, 5.41) is 9.34. The van der Waals surface area contributed by atoms with Gasteiger partial charge in [0.2, 0.25) is 0 Å². The Morgan fingerprint density at radius 2 is 1.69 bits per heavy atom. The Labute approximate surface area is 185 Å². The zero-order chi connectivity index (χ0) is 20.9. The molecule has 0 aromatic heterocycles. The number of fused-ring (bicyclic) bond motifs is 5. The molecule has 0 bridgehead atoms. The molecule has 4 saturated carbocycles. The second kappa shape index (κ2) is 8.31. The minimum atomic E-state index is 0.0542. The summed E-state index contributed by atoms with van der Waals surface area (Å²) in [6.07, 6.45) is 17.9. The highest BCUT2D eigenvalue weighted by atomic mass is 35.5. The largest absolute Gasteiger partial charge is 0.396 e. The molecule has 0 aromatic carbocycles. The fourth-order valence-electron chi connectivity index (χ4n) is 9.24. The van der Waals surface area contributed by atoms with Gasteiger partial charge in [-0.05, 0) is 104 Å². The van der Waals surface area contributed by atoms with Crippen LogP contribution in [0.15, 0.2) is 0 Å². The predicted molar refractivity (Wildman–Crippen MR) is 124 cm³/mol. The Morgan fingerprint density at radius 1 is 0.897 bits per heavy atom. The van der Waals surface area contributed by atoms with Crippen molar-refractivity contribution < 1.29 is 5.11 Å². The molecule has 4 aliphatic carbocycles. The maximum absolute atomic E-state index is 9.34. The van der Waals surface area contributed by atoms with Gasteiger partial charge in [0.15, 0.2) is 0 Å². The summed E-state index contributed by atoms with van der Waals surface area (Å²) < 4.78 is 0. The Balaban J connectivity index is 1.49. The van der Waals surface area contributed by atoms with Gasteiger partial charge in [0.25, 0.3) is 0 Å². The van der Waals surface area contributed by atoms with Gasteiger partial charge in [-0.3, -0.25) is 0 Å². The molecule has 4 fully saturated rings. The first-order valence-electron chi connectivity index (χ1n) is 13.1. The number of rotatable bonds is 6. The monoisotopic (exact) mass is 422 g/mol. The van der Waals surface area contributed by atoms with Gasteiger partial charge in [-0.2, -0.15) is 0 Å². The van der Waals surface area contributed by atoms with Gasteiger partial charge in [-0.1, -0.05) is 53.4 Å². The number of hydrogen-bond acceptors (Lipinski definition) is 1. The average Bonchev–Trinajstić information content (AvgIpc) is 2.98. The molecular formula is C27H47ClO. The van der Waals surface area contributed by atoms with Crippen molar-refractivity contribution in [1.29, 1.82) is 0 Å². The van der Waals surface area contributed by atoms with E-state index in [2.05, 4.69) is 27.7 Å². The zero-order valence-electron chi connectivity index (χ0n) is 19.7. The molecule has 0 aromatic rings.